The molecular weight excluding hydrogens is 368 g/mol. The second-order valence-corrected chi connectivity index (χ2v) is 7.48. The quantitative estimate of drug-likeness (QED) is 0.460. The molecule has 9 heteroatoms. The maximum atomic E-state index is 11.7. The molecule has 4 N–H and O–H groups in total. The zero-order chi connectivity index (χ0) is 19.9. The average molecular weight is 392 g/mol. The van der Waals surface area contributed by atoms with E-state index in [1.54, 1.807) is 38.5 Å². The number of aliphatic imine (C=N–C) groups is 1. The summed E-state index contributed by atoms with van der Waals surface area (Å²) in [7, 11) is 1.10. The van der Waals surface area contributed by atoms with Crippen LogP contribution in [0.3, 0.4) is 0 Å². The van der Waals surface area contributed by atoms with Crippen molar-refractivity contribution in [3.63, 3.8) is 0 Å². The van der Waals surface area contributed by atoms with Gasteiger partial charge >= 0.3 is 0 Å². The lowest BCUT2D eigenvalue weighted by molar-refractivity contribution is 0.354. The monoisotopic (exact) mass is 392 g/mol. The first kappa shape index (κ1) is 20.5. The zero-order valence-electron chi connectivity index (χ0n) is 15.5. The molecule has 2 aromatic carbocycles. The normalized spacial score (nSPS) is 11.9. The molecule has 2 rings (SSSR count). The highest BCUT2D eigenvalue weighted by molar-refractivity contribution is 7.89. The molecule has 0 fully saturated rings. The SMILES string of the molecule is CNS(=O)(=O)c1ccc(CNC(N)=NCc2ccc(OC)c(OC)c2)cc1. The minimum Gasteiger partial charge on any atom is -0.493 e. The summed E-state index contributed by atoms with van der Waals surface area (Å²) in [5.74, 6) is 1.57. The lowest BCUT2D eigenvalue weighted by Crippen LogP contribution is -2.31. The molecule has 8 nitrogen and oxygen atoms in total. The fraction of sp³-hybridized carbons (Fsp3) is 0.278. The number of sulfonamides is 1. The fourth-order valence-electron chi connectivity index (χ4n) is 2.31. The minimum absolute atomic E-state index is 0.212. The van der Waals surface area contributed by atoms with Crippen molar-refractivity contribution in [1.82, 2.24) is 10.0 Å². The van der Waals surface area contributed by atoms with Crippen LogP contribution in [0.1, 0.15) is 11.1 Å². The summed E-state index contributed by atoms with van der Waals surface area (Å²) >= 11 is 0. The van der Waals surface area contributed by atoms with E-state index in [4.69, 9.17) is 15.2 Å². The molecule has 0 saturated heterocycles. The highest BCUT2D eigenvalue weighted by Gasteiger charge is 2.10. The Morgan fingerprint density at radius 3 is 2.26 bits per heavy atom. The molecule has 0 aliphatic heterocycles. The van der Waals surface area contributed by atoms with Gasteiger partial charge in [0.25, 0.3) is 0 Å². The Kier molecular flexibility index (Phi) is 7.03. The molecule has 0 saturated carbocycles. The second kappa shape index (κ2) is 9.24. The van der Waals surface area contributed by atoms with Crippen LogP contribution in [0.15, 0.2) is 52.4 Å². The molecule has 0 heterocycles. The molecule has 0 aliphatic carbocycles. The van der Waals surface area contributed by atoms with Crippen molar-refractivity contribution in [3.05, 3.63) is 53.6 Å². The maximum Gasteiger partial charge on any atom is 0.240 e. The van der Waals surface area contributed by atoms with Gasteiger partial charge in [0, 0.05) is 6.54 Å². The van der Waals surface area contributed by atoms with E-state index in [0.717, 1.165) is 11.1 Å². The Morgan fingerprint density at radius 2 is 1.67 bits per heavy atom. The van der Waals surface area contributed by atoms with Crippen LogP contribution in [0.2, 0.25) is 0 Å². The van der Waals surface area contributed by atoms with Gasteiger partial charge in [-0.1, -0.05) is 18.2 Å². The summed E-state index contributed by atoms with van der Waals surface area (Å²) in [6, 6.07) is 12.1. The van der Waals surface area contributed by atoms with E-state index in [0.29, 0.717) is 24.6 Å². The van der Waals surface area contributed by atoms with Crippen molar-refractivity contribution < 1.29 is 17.9 Å². The van der Waals surface area contributed by atoms with Crippen LogP contribution >= 0.6 is 0 Å². The maximum absolute atomic E-state index is 11.7. The molecule has 0 bridgehead atoms. The Balaban J connectivity index is 1.94. The van der Waals surface area contributed by atoms with Crippen molar-refractivity contribution in [2.24, 2.45) is 10.7 Å². The van der Waals surface area contributed by atoms with E-state index in [1.165, 1.54) is 7.05 Å². The van der Waals surface area contributed by atoms with Crippen LogP contribution in [-0.2, 0) is 23.1 Å². The minimum atomic E-state index is -3.43. The predicted molar refractivity (Wildman–Crippen MR) is 104 cm³/mol. The molecule has 2 aromatic rings. The van der Waals surface area contributed by atoms with Crippen molar-refractivity contribution in [2.45, 2.75) is 18.0 Å². The van der Waals surface area contributed by atoms with Gasteiger partial charge < -0.3 is 20.5 Å². The summed E-state index contributed by atoms with van der Waals surface area (Å²) in [4.78, 5) is 4.50. The molecule has 0 spiro atoms. The molecule has 0 aliphatic rings. The second-order valence-electron chi connectivity index (χ2n) is 5.60. The number of ether oxygens (including phenoxy) is 2. The summed E-state index contributed by atoms with van der Waals surface area (Å²) in [5, 5.41) is 3.00. The van der Waals surface area contributed by atoms with Crippen LogP contribution in [0, 0.1) is 0 Å². The number of rotatable bonds is 8. The van der Waals surface area contributed by atoms with Gasteiger partial charge in [-0.3, -0.25) is 0 Å². The Bertz CT molecular complexity index is 896. The number of guanidine groups is 1. The summed E-state index contributed by atoms with van der Waals surface area (Å²) < 4.78 is 36.1. The van der Waals surface area contributed by atoms with Gasteiger partial charge in [0.05, 0.1) is 25.7 Å². The van der Waals surface area contributed by atoms with Gasteiger partial charge in [0.1, 0.15) is 0 Å². The Labute approximate surface area is 159 Å². The number of methoxy groups -OCH3 is 2. The summed E-state index contributed by atoms with van der Waals surface area (Å²) in [6.07, 6.45) is 0. The van der Waals surface area contributed by atoms with Crippen LogP contribution < -0.4 is 25.2 Å². The third kappa shape index (κ3) is 5.60. The number of benzene rings is 2. The summed E-state index contributed by atoms with van der Waals surface area (Å²) in [5.41, 5.74) is 7.71. The van der Waals surface area contributed by atoms with Gasteiger partial charge in [-0.25, -0.2) is 18.1 Å². The fourth-order valence-corrected chi connectivity index (χ4v) is 3.04. The first-order valence-corrected chi connectivity index (χ1v) is 9.65. The van der Waals surface area contributed by atoms with Crippen LogP contribution in [0.25, 0.3) is 0 Å². The van der Waals surface area contributed by atoms with Crippen molar-refractivity contribution in [1.29, 1.82) is 0 Å². The number of hydrogen-bond donors (Lipinski definition) is 3. The third-order valence-corrected chi connectivity index (χ3v) is 5.29. The highest BCUT2D eigenvalue weighted by Crippen LogP contribution is 2.27. The lowest BCUT2D eigenvalue weighted by atomic mass is 10.2. The standard InChI is InChI=1S/C18H24N4O4S/c1-20-27(23,24)15-7-4-13(5-8-15)11-21-18(19)22-12-14-6-9-16(25-2)17(10-14)26-3/h4-10,20H,11-12H2,1-3H3,(H3,19,21,22). The van der Waals surface area contributed by atoms with Crippen molar-refractivity contribution in [3.8, 4) is 11.5 Å². The molecule has 27 heavy (non-hydrogen) atoms. The van der Waals surface area contributed by atoms with E-state index >= 15 is 0 Å². The third-order valence-electron chi connectivity index (χ3n) is 3.86. The molecule has 146 valence electrons. The topological polar surface area (TPSA) is 115 Å². The Morgan fingerprint density at radius 1 is 1.04 bits per heavy atom. The van der Waals surface area contributed by atoms with E-state index in [-0.39, 0.29) is 10.9 Å². The van der Waals surface area contributed by atoms with Crippen LogP contribution in [-0.4, -0.2) is 35.6 Å². The summed E-state index contributed by atoms with van der Waals surface area (Å²) in [6.45, 7) is 0.819. The van der Waals surface area contributed by atoms with Crippen molar-refractivity contribution >= 4 is 16.0 Å². The van der Waals surface area contributed by atoms with Gasteiger partial charge in [0.15, 0.2) is 17.5 Å². The largest absolute Gasteiger partial charge is 0.493 e. The number of nitrogens with two attached hydrogens (primary N) is 1. The van der Waals surface area contributed by atoms with Gasteiger partial charge in [0.2, 0.25) is 10.0 Å². The predicted octanol–water partition coefficient (Wildman–Crippen LogP) is 1.22. The molecule has 0 atom stereocenters. The Hall–Kier alpha value is -2.78. The van der Waals surface area contributed by atoms with E-state index < -0.39 is 10.0 Å². The van der Waals surface area contributed by atoms with E-state index in [1.807, 2.05) is 18.2 Å². The van der Waals surface area contributed by atoms with Crippen LogP contribution in [0.5, 0.6) is 11.5 Å². The average Bonchev–Trinajstić information content (AvgIpc) is 2.70. The van der Waals surface area contributed by atoms with Gasteiger partial charge in [-0.15, -0.1) is 0 Å². The highest BCUT2D eigenvalue weighted by atomic mass is 32.2. The molecular formula is C18H24N4O4S. The molecule has 0 unspecified atom stereocenters. The van der Waals surface area contributed by atoms with E-state index in [9.17, 15) is 8.42 Å². The van der Waals surface area contributed by atoms with Gasteiger partial charge in [-0.2, -0.15) is 0 Å². The van der Waals surface area contributed by atoms with Crippen molar-refractivity contribution in [2.75, 3.05) is 21.3 Å². The number of nitrogens with zero attached hydrogens (tertiary/aromatic N) is 1. The number of nitrogens with one attached hydrogen (secondary N) is 2. The zero-order valence-corrected chi connectivity index (χ0v) is 16.3. The molecule has 0 radical (unpaired) electrons. The molecule has 0 amide bonds. The van der Waals surface area contributed by atoms with E-state index in [2.05, 4.69) is 15.0 Å². The van der Waals surface area contributed by atoms with Crippen LogP contribution in [0.4, 0.5) is 0 Å². The smallest absolute Gasteiger partial charge is 0.240 e. The first-order valence-electron chi connectivity index (χ1n) is 8.16. The van der Waals surface area contributed by atoms with Gasteiger partial charge in [-0.05, 0) is 42.4 Å². The molecule has 0 aromatic heterocycles. The number of hydrogen-bond acceptors (Lipinski definition) is 5. The lowest BCUT2D eigenvalue weighted by Gasteiger charge is -2.09. The first-order chi connectivity index (χ1) is 12.9.